The lowest BCUT2D eigenvalue weighted by Crippen LogP contribution is -2.55. The molecule has 1 fully saturated rings. The number of carbonyl (C=O) groups is 2. The summed E-state index contributed by atoms with van der Waals surface area (Å²) >= 11 is 6.02. The highest BCUT2D eigenvalue weighted by atomic mass is 35.5. The first-order valence-electron chi connectivity index (χ1n) is 9.58. The van der Waals surface area contributed by atoms with Gasteiger partial charge in [0, 0.05) is 26.2 Å². The molecule has 0 aliphatic carbocycles. The Morgan fingerprint density at radius 3 is 2.26 bits per heavy atom. The summed E-state index contributed by atoms with van der Waals surface area (Å²) in [6.45, 7) is 2.27. The molecule has 1 aliphatic heterocycles. The zero-order chi connectivity index (χ0) is 22.6. The van der Waals surface area contributed by atoms with Gasteiger partial charge in [-0.15, -0.1) is 0 Å². The quantitative estimate of drug-likeness (QED) is 0.732. The Balaban J connectivity index is 1.59. The van der Waals surface area contributed by atoms with Gasteiger partial charge in [0.15, 0.2) is 0 Å². The van der Waals surface area contributed by atoms with Crippen LogP contribution in [-0.2, 0) is 14.8 Å². The van der Waals surface area contributed by atoms with Crippen LogP contribution in [0.2, 0.25) is 5.02 Å². The standard InChI is InChI=1S/C21H21ClN4O4S/c1-15(24-20(27)18-4-2-3-5-19(18)22)21(28)25-10-12-26(13-11-25)31(29,30)17-8-6-16(14-23)7-9-17/h2-9,15H,10-13H2,1H3,(H,24,27)/t15-/m0/s1. The van der Waals surface area contributed by atoms with Crippen LogP contribution < -0.4 is 5.32 Å². The number of nitriles is 1. The fourth-order valence-electron chi connectivity index (χ4n) is 3.25. The maximum atomic E-state index is 12.8. The lowest BCUT2D eigenvalue weighted by molar-refractivity contribution is -0.134. The molecule has 0 unspecified atom stereocenters. The first-order chi connectivity index (χ1) is 14.7. The third kappa shape index (κ3) is 5.05. The lowest BCUT2D eigenvalue weighted by Gasteiger charge is -2.35. The molecule has 8 nitrogen and oxygen atoms in total. The van der Waals surface area contributed by atoms with Crippen molar-refractivity contribution < 1.29 is 18.0 Å². The minimum atomic E-state index is -3.71. The van der Waals surface area contributed by atoms with Crippen LogP contribution in [-0.4, -0.2) is 61.7 Å². The van der Waals surface area contributed by atoms with Crippen molar-refractivity contribution in [3.05, 3.63) is 64.7 Å². The normalized spacial score (nSPS) is 15.7. The smallest absolute Gasteiger partial charge is 0.253 e. The van der Waals surface area contributed by atoms with Gasteiger partial charge in [0.05, 0.1) is 27.1 Å². The molecule has 1 N–H and O–H groups in total. The summed E-state index contributed by atoms with van der Waals surface area (Å²) in [7, 11) is -3.71. The molecule has 10 heteroatoms. The maximum absolute atomic E-state index is 12.8. The Hall–Kier alpha value is -2.93. The third-order valence-electron chi connectivity index (χ3n) is 5.01. The fraction of sp³-hybridized carbons (Fsp3) is 0.286. The molecule has 2 aromatic rings. The average molecular weight is 461 g/mol. The van der Waals surface area contributed by atoms with Crippen molar-refractivity contribution in [2.45, 2.75) is 17.9 Å². The Morgan fingerprint density at radius 1 is 1.06 bits per heavy atom. The number of hydrogen-bond acceptors (Lipinski definition) is 5. The van der Waals surface area contributed by atoms with E-state index >= 15 is 0 Å². The van der Waals surface area contributed by atoms with Crippen LogP contribution in [0.5, 0.6) is 0 Å². The van der Waals surface area contributed by atoms with Crippen LogP contribution in [0.4, 0.5) is 0 Å². The molecule has 0 radical (unpaired) electrons. The minimum Gasteiger partial charge on any atom is -0.340 e. The molecule has 1 heterocycles. The number of carbonyl (C=O) groups excluding carboxylic acids is 2. The Labute approximate surface area is 186 Å². The second-order valence-corrected chi connectivity index (χ2v) is 9.39. The monoisotopic (exact) mass is 460 g/mol. The molecular weight excluding hydrogens is 440 g/mol. The third-order valence-corrected chi connectivity index (χ3v) is 7.25. The molecule has 3 rings (SSSR count). The van der Waals surface area contributed by atoms with Gasteiger partial charge in [0.25, 0.3) is 5.91 Å². The lowest BCUT2D eigenvalue weighted by atomic mass is 10.2. The highest BCUT2D eigenvalue weighted by Gasteiger charge is 2.32. The first-order valence-corrected chi connectivity index (χ1v) is 11.4. The number of halogens is 1. The van der Waals surface area contributed by atoms with E-state index in [1.54, 1.807) is 31.2 Å². The van der Waals surface area contributed by atoms with Gasteiger partial charge in [0.2, 0.25) is 15.9 Å². The molecular formula is C21H21ClN4O4S. The topological polar surface area (TPSA) is 111 Å². The van der Waals surface area contributed by atoms with Crippen LogP contribution in [0.3, 0.4) is 0 Å². The Morgan fingerprint density at radius 2 is 1.68 bits per heavy atom. The first kappa shape index (κ1) is 22.7. The summed E-state index contributed by atoms with van der Waals surface area (Å²) in [5.41, 5.74) is 0.657. The molecule has 1 aliphatic rings. The highest BCUT2D eigenvalue weighted by molar-refractivity contribution is 7.89. The summed E-state index contributed by atoms with van der Waals surface area (Å²) in [5, 5.41) is 11.8. The second-order valence-electron chi connectivity index (χ2n) is 7.04. The molecule has 31 heavy (non-hydrogen) atoms. The summed E-state index contributed by atoms with van der Waals surface area (Å²) in [6.07, 6.45) is 0. The number of benzene rings is 2. The van der Waals surface area contributed by atoms with Crippen LogP contribution >= 0.6 is 11.6 Å². The van der Waals surface area contributed by atoms with Crippen molar-refractivity contribution in [1.82, 2.24) is 14.5 Å². The van der Waals surface area contributed by atoms with Gasteiger partial charge in [-0.1, -0.05) is 23.7 Å². The molecule has 1 saturated heterocycles. The summed E-state index contributed by atoms with van der Waals surface area (Å²) in [4.78, 5) is 26.7. The Kier molecular flexibility index (Phi) is 6.95. The van der Waals surface area contributed by atoms with Gasteiger partial charge in [-0.05, 0) is 43.3 Å². The van der Waals surface area contributed by atoms with Gasteiger partial charge >= 0.3 is 0 Å². The number of piperazine rings is 1. The Bertz CT molecular complexity index is 1120. The van der Waals surface area contributed by atoms with E-state index in [9.17, 15) is 18.0 Å². The number of sulfonamides is 1. The van der Waals surface area contributed by atoms with Gasteiger partial charge < -0.3 is 10.2 Å². The molecule has 2 aromatic carbocycles. The van der Waals surface area contributed by atoms with Crippen molar-refractivity contribution in [1.29, 1.82) is 5.26 Å². The minimum absolute atomic E-state index is 0.103. The van der Waals surface area contributed by atoms with Crippen molar-refractivity contribution in [2.24, 2.45) is 0 Å². The maximum Gasteiger partial charge on any atom is 0.253 e. The van der Waals surface area contributed by atoms with Crippen molar-refractivity contribution in [2.75, 3.05) is 26.2 Å². The van der Waals surface area contributed by atoms with Crippen LogP contribution in [0.25, 0.3) is 0 Å². The summed E-state index contributed by atoms with van der Waals surface area (Å²) in [5.74, 6) is -0.746. The van der Waals surface area contributed by atoms with Crippen LogP contribution in [0, 0.1) is 11.3 Å². The predicted molar refractivity (Wildman–Crippen MR) is 115 cm³/mol. The van der Waals surface area contributed by atoms with Crippen molar-refractivity contribution in [3.8, 4) is 6.07 Å². The predicted octanol–water partition coefficient (Wildman–Crippen LogP) is 1.86. The van der Waals surface area contributed by atoms with Gasteiger partial charge in [0.1, 0.15) is 6.04 Å². The van der Waals surface area contributed by atoms with Gasteiger partial charge in [-0.3, -0.25) is 9.59 Å². The van der Waals surface area contributed by atoms with E-state index in [0.717, 1.165) is 0 Å². The van der Waals surface area contributed by atoms with E-state index in [2.05, 4.69) is 5.32 Å². The average Bonchev–Trinajstić information content (AvgIpc) is 2.78. The molecule has 2 amide bonds. The van der Waals surface area contributed by atoms with E-state index in [4.69, 9.17) is 16.9 Å². The zero-order valence-electron chi connectivity index (χ0n) is 16.8. The van der Waals surface area contributed by atoms with Crippen LogP contribution in [0.15, 0.2) is 53.4 Å². The molecule has 162 valence electrons. The largest absolute Gasteiger partial charge is 0.340 e. The number of rotatable bonds is 5. The van der Waals surface area contributed by atoms with Gasteiger partial charge in [-0.25, -0.2) is 8.42 Å². The fourth-order valence-corrected chi connectivity index (χ4v) is 4.90. The summed E-state index contributed by atoms with van der Waals surface area (Å²) in [6, 6.07) is 13.4. The molecule has 0 bridgehead atoms. The van der Waals surface area contributed by atoms with Crippen molar-refractivity contribution >= 4 is 33.4 Å². The molecule has 1 atom stereocenters. The van der Waals surface area contributed by atoms with E-state index in [-0.39, 0.29) is 42.5 Å². The number of hydrogen-bond donors (Lipinski definition) is 1. The van der Waals surface area contributed by atoms with E-state index in [1.165, 1.54) is 33.5 Å². The number of nitrogens with one attached hydrogen (secondary N) is 1. The molecule has 0 saturated carbocycles. The SMILES string of the molecule is C[C@H](NC(=O)c1ccccc1Cl)C(=O)N1CCN(S(=O)(=O)c2ccc(C#N)cc2)CC1. The van der Waals surface area contributed by atoms with Crippen molar-refractivity contribution in [3.63, 3.8) is 0 Å². The summed E-state index contributed by atoms with van der Waals surface area (Å²) < 4.78 is 26.9. The highest BCUT2D eigenvalue weighted by Crippen LogP contribution is 2.19. The van der Waals surface area contributed by atoms with Crippen LogP contribution in [0.1, 0.15) is 22.8 Å². The molecule has 0 aromatic heterocycles. The van der Waals surface area contributed by atoms with Gasteiger partial charge in [-0.2, -0.15) is 9.57 Å². The van der Waals surface area contributed by atoms with E-state index < -0.39 is 22.0 Å². The zero-order valence-corrected chi connectivity index (χ0v) is 18.4. The number of nitrogens with zero attached hydrogens (tertiary/aromatic N) is 3. The number of amides is 2. The van der Waals surface area contributed by atoms with E-state index in [1.807, 2.05) is 6.07 Å². The second kappa shape index (κ2) is 9.47. The molecule has 0 spiro atoms. The van der Waals surface area contributed by atoms with E-state index in [0.29, 0.717) is 10.6 Å².